The molecule has 0 amide bonds. The zero-order valence-electron chi connectivity index (χ0n) is 29.8. The summed E-state index contributed by atoms with van der Waals surface area (Å²) in [6.07, 6.45) is 3.11. The topological polar surface area (TPSA) is 162 Å². The Morgan fingerprint density at radius 2 is 0.946 bits per heavy atom. The standard InChI is InChI=1S/C44H22N4O6S2/c1-43(2)32-11-22(9-30-37(49)24-6-19(16-45)20(17-46)7-25(24)38(30)50)55-41(32)28-14-36-29(15-35(28)53-43)42-33(44(3,4)54-36)12-23(56-42)10-31-39(51)26-8-21(18-47)34(48-5)13-27(26)40(31)52/h6-15H,1-4H3/b31-10-. The first-order valence-electron chi connectivity index (χ1n) is 17.1. The molecule has 266 valence electrons. The van der Waals surface area contributed by atoms with Gasteiger partial charge in [-0.1, -0.05) is 0 Å². The van der Waals surface area contributed by atoms with Crippen molar-refractivity contribution in [3.8, 4) is 50.6 Å². The molecule has 0 saturated carbocycles. The predicted octanol–water partition coefficient (Wildman–Crippen LogP) is 9.49. The summed E-state index contributed by atoms with van der Waals surface area (Å²) in [5, 5.41) is 28.4. The van der Waals surface area contributed by atoms with Gasteiger partial charge in [0.15, 0.2) is 23.1 Å². The van der Waals surface area contributed by atoms with Crippen molar-refractivity contribution in [2.24, 2.45) is 0 Å². The normalized spacial score (nSPS) is 16.9. The van der Waals surface area contributed by atoms with Crippen LogP contribution in [0.4, 0.5) is 5.69 Å². The molecule has 4 heterocycles. The Balaban J connectivity index is 1.10. The fourth-order valence-electron chi connectivity index (χ4n) is 7.64. The van der Waals surface area contributed by atoms with Gasteiger partial charge in [0.05, 0.1) is 40.5 Å². The number of carbonyl (C=O) groups is 4. The van der Waals surface area contributed by atoms with Gasteiger partial charge in [-0.2, -0.15) is 15.8 Å². The van der Waals surface area contributed by atoms with Gasteiger partial charge >= 0.3 is 0 Å². The lowest BCUT2D eigenvalue weighted by Gasteiger charge is -2.36. The van der Waals surface area contributed by atoms with Gasteiger partial charge in [-0.05, 0) is 88.4 Å². The highest BCUT2D eigenvalue weighted by molar-refractivity contribution is 7.17. The van der Waals surface area contributed by atoms with Gasteiger partial charge in [-0.3, -0.25) is 19.2 Å². The van der Waals surface area contributed by atoms with Gasteiger partial charge in [0.25, 0.3) is 0 Å². The fourth-order valence-corrected chi connectivity index (χ4v) is 10.2. The van der Waals surface area contributed by atoms with Crippen molar-refractivity contribution in [3.05, 3.63) is 131 Å². The fraction of sp³-hybridized carbons (Fsp3) is 0.136. The zero-order valence-corrected chi connectivity index (χ0v) is 31.5. The molecular weight excluding hydrogens is 745 g/mol. The Bertz CT molecular complexity index is 2740. The third kappa shape index (κ3) is 4.81. The Hall–Kier alpha value is -7.22. The second-order valence-corrected chi connectivity index (χ2v) is 16.8. The second kappa shape index (κ2) is 11.6. The average Bonchev–Trinajstić information content (AvgIpc) is 3.92. The monoisotopic (exact) mass is 766 g/mol. The Morgan fingerprint density at radius 1 is 0.571 bits per heavy atom. The molecule has 10 nitrogen and oxygen atoms in total. The third-order valence-electron chi connectivity index (χ3n) is 10.4. The molecule has 0 bridgehead atoms. The summed E-state index contributed by atoms with van der Waals surface area (Å²) >= 11 is 2.80. The number of hydrogen-bond donors (Lipinski definition) is 0. The van der Waals surface area contributed by atoms with E-state index in [9.17, 15) is 35.0 Å². The number of thiophene rings is 2. The van der Waals surface area contributed by atoms with E-state index in [-0.39, 0.29) is 55.8 Å². The van der Waals surface area contributed by atoms with Crippen LogP contribution in [0.3, 0.4) is 0 Å². The van der Waals surface area contributed by atoms with Crippen LogP contribution >= 0.6 is 22.7 Å². The molecule has 0 saturated heterocycles. The van der Waals surface area contributed by atoms with E-state index in [0.717, 1.165) is 32.0 Å². The second-order valence-electron chi connectivity index (χ2n) is 14.6. The van der Waals surface area contributed by atoms with Crippen molar-refractivity contribution in [2.45, 2.75) is 38.9 Å². The summed E-state index contributed by atoms with van der Waals surface area (Å²) < 4.78 is 13.2. The third-order valence-corrected chi connectivity index (χ3v) is 12.6. The van der Waals surface area contributed by atoms with E-state index in [1.165, 1.54) is 46.9 Å². The highest BCUT2D eigenvalue weighted by Crippen LogP contribution is 2.57. The van der Waals surface area contributed by atoms with Crippen molar-refractivity contribution >= 4 is 63.6 Å². The van der Waals surface area contributed by atoms with Crippen LogP contribution in [0, 0.1) is 40.6 Å². The van der Waals surface area contributed by atoms with E-state index >= 15 is 0 Å². The number of carbonyl (C=O) groups excluding carboxylic acids is 4. The summed E-state index contributed by atoms with van der Waals surface area (Å²) in [5.41, 5.74) is 2.08. The number of hydrogen-bond acceptors (Lipinski definition) is 11. The van der Waals surface area contributed by atoms with Crippen LogP contribution in [0.2, 0.25) is 0 Å². The van der Waals surface area contributed by atoms with E-state index < -0.39 is 34.3 Å². The molecule has 2 aliphatic carbocycles. The first-order valence-corrected chi connectivity index (χ1v) is 18.7. The zero-order chi connectivity index (χ0) is 39.6. The molecule has 2 aromatic heterocycles. The summed E-state index contributed by atoms with van der Waals surface area (Å²) in [6.45, 7) is 15.1. The Labute approximate surface area is 327 Å². The van der Waals surface area contributed by atoms with Gasteiger partial charge in [0.2, 0.25) is 5.69 Å². The maximum Gasteiger partial charge on any atom is 0.205 e. The van der Waals surface area contributed by atoms with Crippen LogP contribution < -0.4 is 9.47 Å². The summed E-state index contributed by atoms with van der Waals surface area (Å²) in [5.74, 6) is -0.820. The number of benzene rings is 3. The smallest absolute Gasteiger partial charge is 0.205 e. The van der Waals surface area contributed by atoms with Crippen LogP contribution in [-0.2, 0) is 11.2 Å². The molecule has 0 atom stereocenters. The molecule has 0 spiro atoms. The number of nitrogens with zero attached hydrogens (tertiary/aromatic N) is 4. The quantitative estimate of drug-likeness (QED) is 0.0967. The number of ether oxygens (including phenoxy) is 2. The number of fused-ring (bicyclic) bond motifs is 8. The maximum atomic E-state index is 13.4. The van der Waals surface area contributed by atoms with Gasteiger partial charge in [-0.15, -0.1) is 22.7 Å². The van der Waals surface area contributed by atoms with Crippen molar-refractivity contribution < 1.29 is 28.7 Å². The molecule has 0 fully saturated rings. The molecule has 12 heteroatoms. The lowest BCUT2D eigenvalue weighted by Crippen LogP contribution is -2.30. The maximum absolute atomic E-state index is 13.4. The highest BCUT2D eigenvalue weighted by atomic mass is 32.1. The van der Waals surface area contributed by atoms with Crippen LogP contribution in [-0.4, -0.2) is 23.1 Å². The molecule has 9 rings (SSSR count). The van der Waals surface area contributed by atoms with Crippen molar-refractivity contribution in [1.82, 2.24) is 0 Å². The van der Waals surface area contributed by atoms with Crippen LogP contribution in [0.1, 0.15) is 107 Å². The average molecular weight is 767 g/mol. The van der Waals surface area contributed by atoms with Crippen LogP contribution in [0.5, 0.6) is 11.5 Å². The molecule has 56 heavy (non-hydrogen) atoms. The molecule has 3 aromatic carbocycles. The van der Waals surface area contributed by atoms with Gasteiger partial charge < -0.3 is 9.47 Å². The number of allylic oxidation sites excluding steroid dienone is 2. The Morgan fingerprint density at radius 3 is 1.32 bits per heavy atom. The van der Waals surface area contributed by atoms with Crippen molar-refractivity contribution in [1.29, 1.82) is 15.8 Å². The lowest BCUT2D eigenvalue weighted by atomic mass is 9.88. The van der Waals surface area contributed by atoms with Crippen LogP contribution in [0.15, 0.2) is 59.7 Å². The molecule has 0 unspecified atom stereocenters. The van der Waals surface area contributed by atoms with E-state index in [2.05, 4.69) is 4.85 Å². The van der Waals surface area contributed by atoms with E-state index in [1.807, 2.05) is 70.2 Å². The summed E-state index contributed by atoms with van der Waals surface area (Å²) in [6, 6.07) is 18.6. The number of rotatable bonds is 2. The molecule has 5 aromatic rings. The molecule has 4 aliphatic rings. The minimum atomic E-state index is -0.806. The van der Waals surface area contributed by atoms with Crippen LogP contribution in [0.25, 0.3) is 37.9 Å². The number of nitriles is 3. The number of ketones is 4. The van der Waals surface area contributed by atoms with E-state index in [0.29, 0.717) is 21.3 Å². The van der Waals surface area contributed by atoms with Gasteiger partial charge in [-0.25, -0.2) is 4.85 Å². The summed E-state index contributed by atoms with van der Waals surface area (Å²) in [7, 11) is 0. The number of Topliss-reactive ketones (excluding diaryl/α,β-unsaturated/α-hetero) is 4. The molecular formula is C44H22N4O6S2. The van der Waals surface area contributed by atoms with Gasteiger partial charge in [0.1, 0.15) is 34.8 Å². The molecule has 0 radical (unpaired) electrons. The first kappa shape index (κ1) is 34.5. The SMILES string of the molecule is [C-]#[N+]c1cc2c(cc1C#N)C(=O)/C(=C/c1cc3c(s1)-c1cc4c(cc1OC3(C)C)-c1sc(C=C3C(=O)c5cc(C#N)c(C#N)cc5C3=O)cc1C(C)(C)O4)C2=O. The molecule has 0 N–H and O–H groups in total. The van der Waals surface area contributed by atoms with Crippen molar-refractivity contribution in [3.63, 3.8) is 0 Å². The van der Waals surface area contributed by atoms with E-state index in [4.69, 9.17) is 16.0 Å². The predicted molar refractivity (Wildman–Crippen MR) is 207 cm³/mol. The van der Waals surface area contributed by atoms with Gasteiger partial charge in [0, 0.05) is 64.0 Å². The highest BCUT2D eigenvalue weighted by Gasteiger charge is 2.41. The largest absolute Gasteiger partial charge is 0.482 e. The lowest BCUT2D eigenvalue weighted by molar-refractivity contribution is 0.0975. The Kier molecular flexibility index (Phi) is 7.18. The summed E-state index contributed by atoms with van der Waals surface area (Å²) in [4.78, 5) is 60.1. The first-order chi connectivity index (χ1) is 26.7. The minimum Gasteiger partial charge on any atom is -0.482 e. The van der Waals surface area contributed by atoms with Crippen molar-refractivity contribution in [2.75, 3.05) is 0 Å². The minimum absolute atomic E-state index is 0.0178. The molecule has 2 aliphatic heterocycles. The van der Waals surface area contributed by atoms with E-state index in [1.54, 1.807) is 12.2 Å².